The predicted molar refractivity (Wildman–Crippen MR) is 167 cm³/mol. The van der Waals surface area contributed by atoms with E-state index in [2.05, 4.69) is 18.7 Å². The van der Waals surface area contributed by atoms with Gasteiger partial charge in [-0.3, -0.25) is 9.36 Å². The largest absolute Gasteiger partial charge is 0.496 e. The minimum Gasteiger partial charge on any atom is -0.496 e. The molecule has 230 valence electrons. The molecule has 1 atom stereocenters. The van der Waals surface area contributed by atoms with Crippen molar-refractivity contribution in [2.24, 2.45) is 4.99 Å². The van der Waals surface area contributed by atoms with Crippen molar-refractivity contribution in [3.63, 3.8) is 0 Å². The molecule has 0 bridgehead atoms. The van der Waals surface area contributed by atoms with Crippen LogP contribution >= 0.6 is 11.3 Å². The molecule has 0 saturated carbocycles. The van der Waals surface area contributed by atoms with Crippen LogP contribution in [0.2, 0.25) is 0 Å². The number of rotatable bonds is 13. The average molecular weight is 610 g/mol. The Morgan fingerprint density at radius 1 is 1.05 bits per heavy atom. The summed E-state index contributed by atoms with van der Waals surface area (Å²) in [7, 11) is 4.69. The Kier molecular flexibility index (Phi) is 10.7. The van der Waals surface area contributed by atoms with Crippen LogP contribution in [0, 0.1) is 0 Å². The number of fused-ring (bicyclic) bond motifs is 1. The first-order valence-electron chi connectivity index (χ1n) is 14.2. The summed E-state index contributed by atoms with van der Waals surface area (Å²) in [6.45, 7) is 10.2. The molecule has 0 spiro atoms. The molecule has 0 unspecified atom stereocenters. The second-order valence-corrected chi connectivity index (χ2v) is 10.6. The maximum absolute atomic E-state index is 14.2. The van der Waals surface area contributed by atoms with Crippen molar-refractivity contribution >= 4 is 29.1 Å². The molecule has 2 heterocycles. The zero-order chi connectivity index (χ0) is 31.1. The average Bonchev–Trinajstić information content (AvgIpc) is 3.31. The van der Waals surface area contributed by atoms with Crippen LogP contribution in [0.25, 0.3) is 6.08 Å². The quantitative estimate of drug-likeness (QED) is 0.214. The number of methoxy groups -OCH3 is 3. The third-order valence-corrected chi connectivity index (χ3v) is 8.19. The molecule has 11 heteroatoms. The van der Waals surface area contributed by atoms with E-state index < -0.39 is 12.0 Å². The Hall–Kier alpha value is -4.09. The van der Waals surface area contributed by atoms with Gasteiger partial charge in [0.2, 0.25) is 0 Å². The first-order valence-corrected chi connectivity index (χ1v) is 15.1. The van der Waals surface area contributed by atoms with E-state index in [4.69, 9.17) is 28.7 Å². The number of nitrogens with zero attached hydrogens (tertiary/aromatic N) is 3. The van der Waals surface area contributed by atoms with Crippen LogP contribution in [0.3, 0.4) is 0 Å². The molecule has 1 aliphatic rings. The van der Waals surface area contributed by atoms with Gasteiger partial charge in [-0.15, -0.1) is 0 Å². The molecule has 1 aromatic heterocycles. The third-order valence-electron chi connectivity index (χ3n) is 7.21. The summed E-state index contributed by atoms with van der Waals surface area (Å²) < 4.78 is 29.9. The summed E-state index contributed by atoms with van der Waals surface area (Å²) in [6, 6.07) is 10.5. The zero-order valence-corrected chi connectivity index (χ0v) is 26.6. The highest BCUT2D eigenvalue weighted by atomic mass is 32.1. The SMILES string of the molecule is CCOc1c(OC)cccc1[C@H]1C(C(=O)OCCOC)=C(C)N=c2s/c(=C/c3ccc(N(CC)CC)cc3OC)c(=O)n21. The fourth-order valence-corrected chi connectivity index (χ4v) is 6.16. The van der Waals surface area contributed by atoms with Gasteiger partial charge in [0.25, 0.3) is 5.56 Å². The Morgan fingerprint density at radius 3 is 2.44 bits per heavy atom. The van der Waals surface area contributed by atoms with Crippen LogP contribution in [0.1, 0.15) is 44.9 Å². The fraction of sp³-hybridized carbons (Fsp3) is 0.406. The lowest BCUT2D eigenvalue weighted by molar-refractivity contribution is -0.140. The van der Waals surface area contributed by atoms with Gasteiger partial charge in [0.15, 0.2) is 16.3 Å². The summed E-state index contributed by atoms with van der Waals surface area (Å²) >= 11 is 1.25. The van der Waals surface area contributed by atoms with Gasteiger partial charge in [-0.2, -0.15) is 0 Å². The lowest BCUT2D eigenvalue weighted by Crippen LogP contribution is -2.40. The predicted octanol–water partition coefficient (Wildman–Crippen LogP) is 3.69. The molecule has 0 amide bonds. The van der Waals surface area contributed by atoms with Gasteiger partial charge in [0, 0.05) is 43.1 Å². The Bertz CT molecular complexity index is 1670. The van der Waals surface area contributed by atoms with Gasteiger partial charge in [-0.1, -0.05) is 23.5 Å². The number of ether oxygens (including phenoxy) is 5. The van der Waals surface area contributed by atoms with Crippen molar-refractivity contribution in [2.45, 2.75) is 33.7 Å². The second kappa shape index (κ2) is 14.4. The van der Waals surface area contributed by atoms with Crippen molar-refractivity contribution in [3.8, 4) is 17.2 Å². The first-order chi connectivity index (χ1) is 20.8. The van der Waals surface area contributed by atoms with Crippen LogP contribution in [0.5, 0.6) is 17.2 Å². The third kappa shape index (κ3) is 6.47. The molecular weight excluding hydrogens is 570 g/mol. The molecule has 1 aliphatic heterocycles. The number of para-hydroxylation sites is 1. The van der Waals surface area contributed by atoms with Crippen molar-refractivity contribution in [1.82, 2.24) is 4.57 Å². The van der Waals surface area contributed by atoms with Crippen LogP contribution in [-0.2, 0) is 14.3 Å². The van der Waals surface area contributed by atoms with E-state index in [0.29, 0.717) is 44.4 Å². The summed E-state index contributed by atoms with van der Waals surface area (Å²) in [4.78, 5) is 35.1. The van der Waals surface area contributed by atoms with E-state index in [0.717, 1.165) is 24.3 Å². The maximum atomic E-state index is 14.2. The first kappa shape index (κ1) is 31.8. The minimum absolute atomic E-state index is 0.0585. The smallest absolute Gasteiger partial charge is 0.338 e. The van der Waals surface area contributed by atoms with Crippen LogP contribution < -0.4 is 34.0 Å². The molecule has 0 N–H and O–H groups in total. The number of esters is 1. The molecule has 4 rings (SSSR count). The van der Waals surface area contributed by atoms with Crippen LogP contribution in [-0.4, -0.2) is 64.8 Å². The highest BCUT2D eigenvalue weighted by Gasteiger charge is 2.36. The van der Waals surface area contributed by atoms with E-state index >= 15 is 0 Å². The topological polar surface area (TPSA) is 101 Å². The zero-order valence-electron chi connectivity index (χ0n) is 25.8. The number of carbonyl (C=O) groups excluding carboxylic acids is 1. The number of carbonyl (C=O) groups is 1. The molecule has 10 nitrogen and oxygen atoms in total. The van der Waals surface area contributed by atoms with Crippen LogP contribution in [0.4, 0.5) is 5.69 Å². The van der Waals surface area contributed by atoms with E-state index in [9.17, 15) is 9.59 Å². The number of benzene rings is 2. The molecule has 0 saturated heterocycles. The van der Waals surface area contributed by atoms with Crippen molar-refractivity contribution < 1.29 is 28.5 Å². The van der Waals surface area contributed by atoms with Gasteiger partial charge in [0.05, 0.1) is 43.2 Å². The molecule has 2 aromatic carbocycles. The van der Waals surface area contributed by atoms with Crippen molar-refractivity contribution in [1.29, 1.82) is 0 Å². The number of hydrogen-bond donors (Lipinski definition) is 0. The monoisotopic (exact) mass is 609 g/mol. The van der Waals surface area contributed by atoms with E-state index in [1.54, 1.807) is 39.4 Å². The van der Waals surface area contributed by atoms with Gasteiger partial charge >= 0.3 is 5.97 Å². The second-order valence-electron chi connectivity index (χ2n) is 9.62. The van der Waals surface area contributed by atoms with Gasteiger partial charge in [0.1, 0.15) is 18.4 Å². The lowest BCUT2D eigenvalue weighted by Gasteiger charge is -2.27. The number of anilines is 1. The van der Waals surface area contributed by atoms with E-state index in [-0.39, 0.29) is 24.3 Å². The van der Waals surface area contributed by atoms with E-state index in [1.807, 2.05) is 31.2 Å². The maximum Gasteiger partial charge on any atom is 0.338 e. The number of hydrogen-bond acceptors (Lipinski definition) is 10. The summed E-state index contributed by atoms with van der Waals surface area (Å²) in [6.07, 6.45) is 1.80. The Labute approximate surface area is 255 Å². The summed E-state index contributed by atoms with van der Waals surface area (Å²) in [5, 5.41) is 0. The molecule has 0 radical (unpaired) electrons. The van der Waals surface area contributed by atoms with Gasteiger partial charge in [-0.25, -0.2) is 9.79 Å². The highest BCUT2D eigenvalue weighted by molar-refractivity contribution is 7.07. The lowest BCUT2D eigenvalue weighted by atomic mass is 9.94. The number of aromatic nitrogens is 1. The van der Waals surface area contributed by atoms with Crippen molar-refractivity contribution in [3.05, 3.63) is 78.5 Å². The standard InChI is InChI=1S/C32H39N3O7S/c1-8-34(9-2)22-15-14-21(25(19-22)40-7)18-26-30(36)35-28(23-12-11-13-24(39-6)29(23)41-10-3)27(20(4)33-32(35)43-26)31(37)42-17-16-38-5/h11-15,18-19,28H,8-10,16-17H2,1-7H3/b26-18+/t28-/m0/s1. The summed E-state index contributed by atoms with van der Waals surface area (Å²) in [5.41, 5.74) is 2.77. The fourth-order valence-electron chi connectivity index (χ4n) is 5.13. The number of thiazole rings is 1. The molecule has 43 heavy (non-hydrogen) atoms. The normalized spacial score (nSPS) is 14.7. The van der Waals surface area contributed by atoms with Gasteiger partial charge in [-0.05, 0) is 52.0 Å². The van der Waals surface area contributed by atoms with Gasteiger partial charge < -0.3 is 28.6 Å². The highest BCUT2D eigenvalue weighted by Crippen LogP contribution is 2.40. The summed E-state index contributed by atoms with van der Waals surface area (Å²) in [5.74, 6) is 0.993. The van der Waals surface area contributed by atoms with Crippen molar-refractivity contribution in [2.75, 3.05) is 59.1 Å². The Morgan fingerprint density at radius 2 is 1.79 bits per heavy atom. The number of allylic oxidation sites excluding steroid dienone is 1. The molecule has 0 fully saturated rings. The minimum atomic E-state index is -0.864. The van der Waals surface area contributed by atoms with E-state index in [1.165, 1.54) is 23.0 Å². The molecule has 0 aliphatic carbocycles. The Balaban J connectivity index is 1.94. The molecule has 3 aromatic rings. The van der Waals surface area contributed by atoms with Crippen LogP contribution in [0.15, 0.2) is 57.5 Å². The molecular formula is C32H39N3O7S.